The second-order valence-electron chi connectivity index (χ2n) is 4.75. The molecule has 7 heteroatoms. The fourth-order valence-corrected chi connectivity index (χ4v) is 2.17. The molecule has 1 aliphatic rings. The van der Waals surface area contributed by atoms with E-state index in [9.17, 15) is 0 Å². The smallest absolute Gasteiger partial charge is 0.248 e. The Bertz CT molecular complexity index is 546. The molecule has 0 unspecified atom stereocenters. The number of nitrogens with zero attached hydrogens (tertiary/aromatic N) is 3. The lowest BCUT2D eigenvalue weighted by atomic mass is 10.2. The third-order valence-corrected chi connectivity index (χ3v) is 3.22. The molecular formula is C13H18N6O. The van der Waals surface area contributed by atoms with Crippen molar-refractivity contribution < 1.29 is 4.74 Å². The third kappa shape index (κ3) is 3.25. The zero-order valence-corrected chi connectivity index (χ0v) is 11.2. The summed E-state index contributed by atoms with van der Waals surface area (Å²) in [7, 11) is 0. The molecule has 3 rings (SSSR count). The van der Waals surface area contributed by atoms with Crippen molar-refractivity contribution in [1.29, 1.82) is 0 Å². The zero-order valence-electron chi connectivity index (χ0n) is 11.2. The molecule has 2 heterocycles. The lowest BCUT2D eigenvalue weighted by Crippen LogP contribution is -2.35. The second-order valence-corrected chi connectivity index (χ2v) is 4.75. The molecule has 106 valence electrons. The minimum absolute atomic E-state index is 0.302. The maximum Gasteiger partial charge on any atom is 0.248 e. The van der Waals surface area contributed by atoms with Crippen LogP contribution in [-0.2, 0) is 11.3 Å². The molecule has 1 fully saturated rings. The summed E-state index contributed by atoms with van der Waals surface area (Å²) in [6, 6.07) is 8.24. The van der Waals surface area contributed by atoms with Crippen molar-refractivity contribution in [3.63, 3.8) is 0 Å². The zero-order chi connectivity index (χ0) is 13.8. The Labute approximate surface area is 117 Å². The standard InChI is InChI=1S/C13H18N6O/c14-12-16-13(18-17-12)15-11-3-1-10(2-4-11)9-19-5-7-20-8-6-19/h1-4H,5-9H2,(H4,14,15,16,17,18). The molecule has 0 atom stereocenters. The number of morpholine rings is 1. The van der Waals surface area contributed by atoms with Crippen LogP contribution in [0, 0.1) is 0 Å². The Morgan fingerprint density at radius 1 is 1.25 bits per heavy atom. The van der Waals surface area contributed by atoms with Crippen LogP contribution in [0.4, 0.5) is 17.6 Å². The lowest BCUT2D eigenvalue weighted by molar-refractivity contribution is 0.0342. The van der Waals surface area contributed by atoms with Gasteiger partial charge in [0, 0.05) is 25.3 Å². The Kier molecular flexibility index (Phi) is 3.80. The largest absolute Gasteiger partial charge is 0.379 e. The highest BCUT2D eigenvalue weighted by atomic mass is 16.5. The average molecular weight is 274 g/mol. The molecule has 2 aromatic rings. The summed E-state index contributed by atoms with van der Waals surface area (Å²) in [6.45, 7) is 4.60. The van der Waals surface area contributed by atoms with Crippen molar-refractivity contribution >= 4 is 17.6 Å². The fraction of sp³-hybridized carbons (Fsp3) is 0.385. The number of aromatic nitrogens is 3. The number of nitrogens with two attached hydrogens (primary N) is 1. The van der Waals surface area contributed by atoms with Gasteiger partial charge in [-0.2, -0.15) is 4.98 Å². The van der Waals surface area contributed by atoms with Crippen molar-refractivity contribution in [2.45, 2.75) is 6.54 Å². The number of ether oxygens (including phenoxy) is 1. The first kappa shape index (κ1) is 12.9. The van der Waals surface area contributed by atoms with Gasteiger partial charge in [0.25, 0.3) is 0 Å². The van der Waals surface area contributed by atoms with Gasteiger partial charge in [-0.15, -0.1) is 5.10 Å². The number of benzene rings is 1. The van der Waals surface area contributed by atoms with Gasteiger partial charge in [0.1, 0.15) is 0 Å². The van der Waals surface area contributed by atoms with Crippen LogP contribution in [0.5, 0.6) is 0 Å². The molecule has 1 aromatic heterocycles. The minimum atomic E-state index is 0.302. The van der Waals surface area contributed by atoms with Gasteiger partial charge in [0.15, 0.2) is 0 Å². The van der Waals surface area contributed by atoms with Crippen LogP contribution in [0.25, 0.3) is 0 Å². The van der Waals surface area contributed by atoms with Crippen LogP contribution in [0.1, 0.15) is 5.56 Å². The predicted molar refractivity (Wildman–Crippen MR) is 76.6 cm³/mol. The quantitative estimate of drug-likeness (QED) is 0.769. The van der Waals surface area contributed by atoms with E-state index in [-0.39, 0.29) is 0 Å². The molecule has 1 saturated heterocycles. The Morgan fingerprint density at radius 3 is 2.65 bits per heavy atom. The van der Waals surface area contributed by atoms with Crippen molar-refractivity contribution in [3.8, 4) is 0 Å². The van der Waals surface area contributed by atoms with Crippen LogP contribution in [0.15, 0.2) is 24.3 Å². The summed E-state index contributed by atoms with van der Waals surface area (Å²) >= 11 is 0. The topological polar surface area (TPSA) is 92.1 Å². The Balaban J connectivity index is 1.59. The van der Waals surface area contributed by atoms with Crippen molar-refractivity contribution in [2.24, 2.45) is 0 Å². The van der Waals surface area contributed by atoms with Crippen molar-refractivity contribution in [2.75, 3.05) is 37.4 Å². The van der Waals surface area contributed by atoms with Gasteiger partial charge in [0.2, 0.25) is 11.9 Å². The second kappa shape index (κ2) is 5.89. The average Bonchev–Trinajstić information content (AvgIpc) is 2.88. The van der Waals surface area contributed by atoms with Gasteiger partial charge in [-0.1, -0.05) is 12.1 Å². The molecule has 0 radical (unpaired) electrons. The van der Waals surface area contributed by atoms with Gasteiger partial charge >= 0.3 is 0 Å². The van der Waals surface area contributed by atoms with Gasteiger partial charge in [0.05, 0.1) is 13.2 Å². The molecule has 20 heavy (non-hydrogen) atoms. The first-order valence-electron chi connectivity index (χ1n) is 6.63. The summed E-state index contributed by atoms with van der Waals surface area (Å²) < 4.78 is 5.35. The van der Waals surface area contributed by atoms with E-state index in [1.54, 1.807) is 0 Å². The number of rotatable bonds is 4. The van der Waals surface area contributed by atoms with E-state index in [1.165, 1.54) is 5.56 Å². The summed E-state index contributed by atoms with van der Waals surface area (Å²) in [6.07, 6.45) is 0. The number of H-pyrrole nitrogens is 1. The number of nitrogen functional groups attached to an aromatic ring is 1. The van der Waals surface area contributed by atoms with E-state index >= 15 is 0 Å². The molecule has 7 nitrogen and oxygen atoms in total. The number of hydrogen-bond acceptors (Lipinski definition) is 6. The van der Waals surface area contributed by atoms with E-state index in [4.69, 9.17) is 10.5 Å². The maximum absolute atomic E-state index is 5.48. The summed E-state index contributed by atoms with van der Waals surface area (Å²) in [4.78, 5) is 6.39. The molecule has 1 aromatic carbocycles. The minimum Gasteiger partial charge on any atom is -0.379 e. The van der Waals surface area contributed by atoms with E-state index in [0.717, 1.165) is 38.5 Å². The number of aromatic amines is 1. The van der Waals surface area contributed by atoms with Crippen LogP contribution < -0.4 is 11.1 Å². The summed E-state index contributed by atoms with van der Waals surface area (Å²) in [5.41, 5.74) is 7.70. The SMILES string of the molecule is Nc1nc(Nc2ccc(CN3CCOCC3)cc2)n[nH]1. The molecule has 0 aliphatic carbocycles. The Morgan fingerprint density at radius 2 is 2.00 bits per heavy atom. The summed E-state index contributed by atoms with van der Waals surface area (Å²) in [5.74, 6) is 0.778. The Hall–Kier alpha value is -2.12. The fourth-order valence-electron chi connectivity index (χ4n) is 2.17. The monoisotopic (exact) mass is 274 g/mol. The van der Waals surface area contributed by atoms with Gasteiger partial charge in [-0.3, -0.25) is 4.90 Å². The first-order chi connectivity index (χ1) is 9.79. The van der Waals surface area contributed by atoms with Crippen molar-refractivity contribution in [3.05, 3.63) is 29.8 Å². The first-order valence-corrected chi connectivity index (χ1v) is 6.63. The maximum atomic E-state index is 5.48. The van der Waals surface area contributed by atoms with Crippen LogP contribution in [0.3, 0.4) is 0 Å². The lowest BCUT2D eigenvalue weighted by Gasteiger charge is -2.26. The number of anilines is 3. The molecule has 4 N–H and O–H groups in total. The number of hydrogen-bond donors (Lipinski definition) is 3. The van der Waals surface area contributed by atoms with Crippen molar-refractivity contribution in [1.82, 2.24) is 20.1 Å². The van der Waals surface area contributed by atoms with E-state index in [1.807, 2.05) is 12.1 Å². The van der Waals surface area contributed by atoms with Crippen LogP contribution in [-0.4, -0.2) is 46.4 Å². The summed E-state index contributed by atoms with van der Waals surface area (Å²) in [5, 5.41) is 9.61. The van der Waals surface area contributed by atoms with E-state index in [0.29, 0.717) is 11.9 Å². The highest BCUT2D eigenvalue weighted by Gasteiger charge is 2.10. The number of nitrogens with one attached hydrogen (secondary N) is 2. The van der Waals surface area contributed by atoms with Gasteiger partial charge in [-0.05, 0) is 17.7 Å². The van der Waals surface area contributed by atoms with E-state index < -0.39 is 0 Å². The molecule has 0 saturated carbocycles. The van der Waals surface area contributed by atoms with Crippen LogP contribution >= 0.6 is 0 Å². The van der Waals surface area contributed by atoms with Crippen LogP contribution in [0.2, 0.25) is 0 Å². The molecule has 0 spiro atoms. The van der Waals surface area contributed by atoms with E-state index in [2.05, 4.69) is 37.5 Å². The molecular weight excluding hydrogens is 256 g/mol. The normalized spacial score (nSPS) is 16.2. The highest BCUT2D eigenvalue weighted by Crippen LogP contribution is 2.15. The predicted octanol–water partition coefficient (Wildman–Crippen LogP) is 0.963. The van der Waals surface area contributed by atoms with Gasteiger partial charge < -0.3 is 15.8 Å². The third-order valence-electron chi connectivity index (χ3n) is 3.22. The van der Waals surface area contributed by atoms with Gasteiger partial charge in [-0.25, -0.2) is 5.10 Å². The molecule has 0 bridgehead atoms. The molecule has 0 amide bonds. The molecule has 1 aliphatic heterocycles. The highest BCUT2D eigenvalue weighted by molar-refractivity contribution is 5.54.